The number of carbonyl (C=O) groups excluding carboxylic acids is 1. The summed E-state index contributed by atoms with van der Waals surface area (Å²) in [5, 5.41) is 0. The first-order valence-electron chi connectivity index (χ1n) is 6.57. The summed E-state index contributed by atoms with van der Waals surface area (Å²) in [4.78, 5) is 13.8. The Morgan fingerprint density at radius 2 is 2.32 bits per heavy atom. The topological polar surface area (TPSA) is 64.8 Å². The quantitative estimate of drug-likeness (QED) is 0.832. The highest BCUT2D eigenvalue weighted by Gasteiger charge is 2.23. The Labute approximate surface area is 113 Å². The fourth-order valence-corrected chi connectivity index (χ4v) is 2.04. The van der Waals surface area contributed by atoms with Gasteiger partial charge in [-0.3, -0.25) is 4.79 Å². The molecule has 19 heavy (non-hydrogen) atoms. The van der Waals surface area contributed by atoms with Crippen molar-refractivity contribution in [2.75, 3.05) is 32.0 Å². The molecule has 1 unspecified atom stereocenters. The van der Waals surface area contributed by atoms with E-state index < -0.39 is 0 Å². The fraction of sp³-hybridized carbons (Fsp3) is 0.500. The molecule has 2 rings (SSSR count). The number of ether oxygens (including phenoxy) is 2. The molecule has 1 heterocycles. The van der Waals surface area contributed by atoms with Crippen molar-refractivity contribution in [2.45, 2.75) is 19.4 Å². The van der Waals surface area contributed by atoms with Crippen molar-refractivity contribution >= 4 is 11.6 Å². The molecule has 0 spiro atoms. The standard InChI is InChI=1S/C14H20N2O3/c1-2-11-9-16(7-8-18-11)14(17)10-19-13-6-4-3-5-12(13)15/h3-6,11H,2,7-10,15H2,1H3. The first kappa shape index (κ1) is 13.7. The number of hydrogen-bond donors (Lipinski definition) is 1. The molecule has 2 N–H and O–H groups in total. The Balaban J connectivity index is 1.86. The van der Waals surface area contributed by atoms with Gasteiger partial charge >= 0.3 is 0 Å². The Kier molecular flexibility index (Phi) is 4.63. The maximum atomic E-state index is 12.0. The minimum absolute atomic E-state index is 0.0185. The van der Waals surface area contributed by atoms with E-state index in [1.165, 1.54) is 0 Å². The monoisotopic (exact) mass is 264 g/mol. The average Bonchev–Trinajstić information content (AvgIpc) is 2.46. The summed E-state index contributed by atoms with van der Waals surface area (Å²) >= 11 is 0. The Hall–Kier alpha value is -1.75. The molecule has 0 aliphatic carbocycles. The Morgan fingerprint density at radius 3 is 3.05 bits per heavy atom. The van der Waals surface area contributed by atoms with Crippen LogP contribution in [-0.2, 0) is 9.53 Å². The van der Waals surface area contributed by atoms with E-state index in [-0.39, 0.29) is 18.6 Å². The van der Waals surface area contributed by atoms with Crippen LogP contribution in [0.2, 0.25) is 0 Å². The SMILES string of the molecule is CCC1CN(C(=O)COc2ccccc2N)CCO1. The van der Waals surface area contributed by atoms with Crippen LogP contribution in [-0.4, -0.2) is 43.2 Å². The number of morpholine rings is 1. The number of rotatable bonds is 4. The zero-order chi connectivity index (χ0) is 13.7. The molecule has 0 bridgehead atoms. The molecule has 0 radical (unpaired) electrons. The number of nitrogen functional groups attached to an aromatic ring is 1. The van der Waals surface area contributed by atoms with Crippen molar-refractivity contribution in [3.05, 3.63) is 24.3 Å². The summed E-state index contributed by atoms with van der Waals surface area (Å²) in [6.45, 7) is 3.94. The van der Waals surface area contributed by atoms with E-state index >= 15 is 0 Å². The number of nitrogens with two attached hydrogens (primary N) is 1. The number of nitrogens with zero attached hydrogens (tertiary/aromatic N) is 1. The molecule has 1 aliphatic rings. The minimum Gasteiger partial charge on any atom is -0.482 e. The number of amides is 1. The molecule has 5 heteroatoms. The van der Waals surface area contributed by atoms with Gasteiger partial charge in [0.2, 0.25) is 0 Å². The maximum absolute atomic E-state index is 12.0. The van der Waals surface area contributed by atoms with E-state index in [2.05, 4.69) is 6.92 Å². The molecule has 1 atom stereocenters. The molecule has 5 nitrogen and oxygen atoms in total. The van der Waals surface area contributed by atoms with Crippen LogP contribution in [0.5, 0.6) is 5.75 Å². The molecule has 1 aliphatic heterocycles. The van der Waals surface area contributed by atoms with Crippen molar-refractivity contribution in [3.63, 3.8) is 0 Å². The molecular weight excluding hydrogens is 244 g/mol. The number of anilines is 1. The van der Waals surface area contributed by atoms with Crippen molar-refractivity contribution in [1.29, 1.82) is 0 Å². The first-order valence-corrected chi connectivity index (χ1v) is 6.57. The van der Waals surface area contributed by atoms with Gasteiger partial charge in [0.05, 0.1) is 18.4 Å². The van der Waals surface area contributed by atoms with Gasteiger partial charge in [0, 0.05) is 13.1 Å². The largest absolute Gasteiger partial charge is 0.482 e. The van der Waals surface area contributed by atoms with Crippen LogP contribution in [0.25, 0.3) is 0 Å². The zero-order valence-corrected chi connectivity index (χ0v) is 11.2. The highest BCUT2D eigenvalue weighted by Crippen LogP contribution is 2.19. The summed E-state index contributed by atoms with van der Waals surface area (Å²) in [7, 11) is 0. The van der Waals surface area contributed by atoms with E-state index in [0.717, 1.165) is 6.42 Å². The van der Waals surface area contributed by atoms with Crippen LogP contribution in [0, 0.1) is 0 Å². The molecule has 1 amide bonds. The van der Waals surface area contributed by atoms with Gasteiger partial charge in [0.25, 0.3) is 5.91 Å². The van der Waals surface area contributed by atoms with Crippen molar-refractivity contribution in [1.82, 2.24) is 4.90 Å². The first-order chi connectivity index (χ1) is 9.20. The molecule has 0 saturated carbocycles. The number of carbonyl (C=O) groups is 1. The summed E-state index contributed by atoms with van der Waals surface area (Å²) in [6, 6.07) is 7.17. The third kappa shape index (κ3) is 3.61. The molecule has 1 aromatic rings. The van der Waals surface area contributed by atoms with Gasteiger partial charge < -0.3 is 20.1 Å². The fourth-order valence-electron chi connectivity index (χ4n) is 2.04. The van der Waals surface area contributed by atoms with Gasteiger partial charge in [0.15, 0.2) is 6.61 Å². The maximum Gasteiger partial charge on any atom is 0.260 e. The third-order valence-electron chi connectivity index (χ3n) is 3.22. The summed E-state index contributed by atoms with van der Waals surface area (Å²) in [5.41, 5.74) is 6.30. The lowest BCUT2D eigenvalue weighted by Crippen LogP contribution is -2.47. The molecule has 0 aromatic heterocycles. The van der Waals surface area contributed by atoms with Crippen LogP contribution in [0.4, 0.5) is 5.69 Å². The molecule has 104 valence electrons. The normalized spacial score (nSPS) is 19.2. The molecular formula is C14H20N2O3. The van der Waals surface area contributed by atoms with E-state index in [0.29, 0.717) is 31.1 Å². The van der Waals surface area contributed by atoms with Gasteiger partial charge in [-0.1, -0.05) is 19.1 Å². The Bertz CT molecular complexity index is 436. The predicted octanol–water partition coefficient (Wildman–Crippen LogP) is 1.29. The van der Waals surface area contributed by atoms with E-state index in [9.17, 15) is 4.79 Å². The molecule has 1 aromatic carbocycles. The highest BCUT2D eigenvalue weighted by atomic mass is 16.5. The zero-order valence-electron chi connectivity index (χ0n) is 11.2. The highest BCUT2D eigenvalue weighted by molar-refractivity contribution is 5.78. The average molecular weight is 264 g/mol. The number of para-hydroxylation sites is 2. The van der Waals surface area contributed by atoms with Gasteiger partial charge in [-0.05, 0) is 18.6 Å². The number of hydrogen-bond acceptors (Lipinski definition) is 4. The van der Waals surface area contributed by atoms with Crippen molar-refractivity contribution in [3.8, 4) is 5.75 Å². The van der Waals surface area contributed by atoms with Gasteiger partial charge in [-0.15, -0.1) is 0 Å². The van der Waals surface area contributed by atoms with Crippen LogP contribution in [0.15, 0.2) is 24.3 Å². The molecule has 1 fully saturated rings. The van der Waals surface area contributed by atoms with Crippen LogP contribution in [0.1, 0.15) is 13.3 Å². The lowest BCUT2D eigenvalue weighted by Gasteiger charge is -2.32. The van der Waals surface area contributed by atoms with Crippen LogP contribution in [0.3, 0.4) is 0 Å². The lowest BCUT2D eigenvalue weighted by molar-refractivity contribution is -0.140. The molecule has 1 saturated heterocycles. The summed E-state index contributed by atoms with van der Waals surface area (Å²) in [5.74, 6) is 0.529. The van der Waals surface area contributed by atoms with Gasteiger partial charge in [-0.25, -0.2) is 0 Å². The Morgan fingerprint density at radius 1 is 1.53 bits per heavy atom. The minimum atomic E-state index is -0.0231. The third-order valence-corrected chi connectivity index (χ3v) is 3.22. The summed E-state index contributed by atoms with van der Waals surface area (Å²) in [6.07, 6.45) is 1.05. The second-order valence-corrected chi connectivity index (χ2v) is 4.57. The van der Waals surface area contributed by atoms with E-state index in [1.54, 1.807) is 17.0 Å². The van der Waals surface area contributed by atoms with E-state index in [4.69, 9.17) is 15.2 Å². The smallest absolute Gasteiger partial charge is 0.260 e. The second-order valence-electron chi connectivity index (χ2n) is 4.57. The summed E-state index contributed by atoms with van der Waals surface area (Å²) < 4.78 is 11.0. The van der Waals surface area contributed by atoms with Gasteiger partial charge in [-0.2, -0.15) is 0 Å². The van der Waals surface area contributed by atoms with E-state index in [1.807, 2.05) is 12.1 Å². The van der Waals surface area contributed by atoms with Gasteiger partial charge in [0.1, 0.15) is 5.75 Å². The predicted molar refractivity (Wildman–Crippen MR) is 73.0 cm³/mol. The van der Waals surface area contributed by atoms with Crippen LogP contribution < -0.4 is 10.5 Å². The van der Waals surface area contributed by atoms with Crippen LogP contribution >= 0.6 is 0 Å². The number of benzene rings is 1. The lowest BCUT2D eigenvalue weighted by atomic mass is 10.2. The second kappa shape index (κ2) is 6.43. The van der Waals surface area contributed by atoms with Crippen molar-refractivity contribution < 1.29 is 14.3 Å². The van der Waals surface area contributed by atoms with Crippen molar-refractivity contribution in [2.24, 2.45) is 0 Å².